The second-order valence-electron chi connectivity index (χ2n) is 7.41. The predicted octanol–water partition coefficient (Wildman–Crippen LogP) is 6.16. The normalized spacial score (nSPS) is 14.0. The van der Waals surface area contributed by atoms with E-state index in [2.05, 4.69) is 10.2 Å². The number of halogens is 2. The predicted molar refractivity (Wildman–Crippen MR) is 114 cm³/mol. The maximum atomic E-state index is 12.4. The molecule has 1 aromatic heterocycles. The van der Waals surface area contributed by atoms with Gasteiger partial charge in [-0.3, -0.25) is 5.10 Å². The quantitative estimate of drug-likeness (QED) is 0.505. The van der Waals surface area contributed by atoms with Crippen LogP contribution in [0.25, 0.3) is 22.4 Å². The Morgan fingerprint density at radius 1 is 1.21 bits per heavy atom. The minimum Gasteiger partial charge on any atom is -0.482 e. The molecule has 5 nitrogen and oxygen atoms in total. The van der Waals surface area contributed by atoms with Gasteiger partial charge in [-0.1, -0.05) is 35.3 Å². The lowest BCUT2D eigenvalue weighted by atomic mass is 9.86. The van der Waals surface area contributed by atoms with Crippen LogP contribution in [0.4, 0.5) is 0 Å². The number of aromatic nitrogens is 2. The number of fused-ring (bicyclic) bond motifs is 3. The number of hydrogen-bond acceptors (Lipinski definition) is 4. The van der Waals surface area contributed by atoms with Gasteiger partial charge in [-0.25, -0.2) is 4.79 Å². The number of hydrogen-bond donors (Lipinski definition) is 1. The number of ether oxygens (including phenoxy) is 2. The molecule has 1 aliphatic rings. The number of H-pyrrole nitrogens is 1. The second-order valence-corrected chi connectivity index (χ2v) is 8.26. The standard InChI is InChI=1S/C22H20Cl2N2O3/c1-5-28-21(27)19-17-18(25-26-19)14-8-6-11(2)16(20(14)29-22(17,3)4)13-9-7-12(23)10-15(13)24/h6-10H,5H2,1-4H3,(H,25,26). The Morgan fingerprint density at radius 3 is 2.62 bits per heavy atom. The van der Waals surface area contributed by atoms with Crippen LogP contribution in [-0.2, 0) is 10.3 Å². The molecule has 2 aromatic carbocycles. The molecule has 0 aliphatic carbocycles. The van der Waals surface area contributed by atoms with Crippen LogP contribution in [0.3, 0.4) is 0 Å². The van der Waals surface area contributed by atoms with Gasteiger partial charge in [-0.15, -0.1) is 0 Å². The number of aryl methyl sites for hydroxylation is 1. The van der Waals surface area contributed by atoms with Crippen molar-refractivity contribution in [2.24, 2.45) is 0 Å². The second kappa shape index (κ2) is 7.08. The van der Waals surface area contributed by atoms with Crippen molar-refractivity contribution in [1.82, 2.24) is 10.2 Å². The molecule has 0 saturated carbocycles. The van der Waals surface area contributed by atoms with E-state index in [1.807, 2.05) is 39.0 Å². The summed E-state index contributed by atoms with van der Waals surface area (Å²) in [7, 11) is 0. The molecule has 0 unspecified atom stereocenters. The van der Waals surface area contributed by atoms with Gasteiger partial charge in [0.05, 0.1) is 17.2 Å². The van der Waals surface area contributed by atoms with Crippen LogP contribution in [-0.4, -0.2) is 22.8 Å². The Labute approximate surface area is 178 Å². The van der Waals surface area contributed by atoms with Crippen molar-refractivity contribution in [1.29, 1.82) is 0 Å². The van der Waals surface area contributed by atoms with Crippen molar-refractivity contribution in [2.45, 2.75) is 33.3 Å². The number of rotatable bonds is 3. The zero-order chi connectivity index (χ0) is 20.9. The highest BCUT2D eigenvalue weighted by Crippen LogP contribution is 2.51. The van der Waals surface area contributed by atoms with Crippen LogP contribution in [0.1, 0.15) is 42.4 Å². The Balaban J connectivity index is 1.97. The minimum atomic E-state index is -0.807. The Morgan fingerprint density at radius 2 is 1.93 bits per heavy atom. The van der Waals surface area contributed by atoms with Crippen molar-refractivity contribution in [2.75, 3.05) is 6.61 Å². The van der Waals surface area contributed by atoms with Crippen LogP contribution >= 0.6 is 23.2 Å². The molecule has 1 aliphatic heterocycles. The van der Waals surface area contributed by atoms with Gasteiger partial charge in [0.15, 0.2) is 5.69 Å². The first-order valence-corrected chi connectivity index (χ1v) is 10.0. The van der Waals surface area contributed by atoms with Crippen molar-refractivity contribution in [3.63, 3.8) is 0 Å². The first-order chi connectivity index (χ1) is 13.7. The van der Waals surface area contributed by atoms with Crippen molar-refractivity contribution in [3.8, 4) is 28.1 Å². The summed E-state index contributed by atoms with van der Waals surface area (Å²) in [5.41, 5.74) is 4.36. The van der Waals surface area contributed by atoms with Gasteiger partial charge in [0, 0.05) is 21.7 Å². The third kappa shape index (κ3) is 3.18. The topological polar surface area (TPSA) is 64.2 Å². The summed E-state index contributed by atoms with van der Waals surface area (Å²) in [6.07, 6.45) is 0. The van der Waals surface area contributed by atoms with E-state index in [0.29, 0.717) is 32.7 Å². The van der Waals surface area contributed by atoms with E-state index in [-0.39, 0.29) is 6.61 Å². The lowest BCUT2D eigenvalue weighted by Gasteiger charge is -2.34. The highest BCUT2D eigenvalue weighted by molar-refractivity contribution is 6.36. The molecule has 0 fully saturated rings. The molecular weight excluding hydrogens is 411 g/mol. The summed E-state index contributed by atoms with van der Waals surface area (Å²) in [5.74, 6) is 0.225. The monoisotopic (exact) mass is 430 g/mol. The molecule has 4 rings (SSSR count). The van der Waals surface area contributed by atoms with Gasteiger partial charge in [-0.05, 0) is 51.5 Å². The van der Waals surface area contributed by atoms with E-state index in [1.165, 1.54) is 0 Å². The molecule has 150 valence electrons. The number of carbonyl (C=O) groups excluding carboxylic acids is 1. The molecule has 7 heteroatoms. The van der Waals surface area contributed by atoms with Gasteiger partial charge in [0.25, 0.3) is 0 Å². The maximum Gasteiger partial charge on any atom is 0.356 e. The van der Waals surface area contributed by atoms with E-state index >= 15 is 0 Å². The zero-order valence-electron chi connectivity index (χ0n) is 16.5. The first-order valence-electron chi connectivity index (χ1n) is 9.29. The molecule has 0 radical (unpaired) electrons. The van der Waals surface area contributed by atoms with Gasteiger partial charge in [0.2, 0.25) is 0 Å². The van der Waals surface area contributed by atoms with Gasteiger partial charge in [-0.2, -0.15) is 5.10 Å². The van der Waals surface area contributed by atoms with E-state index in [0.717, 1.165) is 22.3 Å². The molecule has 2 heterocycles. The van der Waals surface area contributed by atoms with E-state index in [4.69, 9.17) is 32.7 Å². The van der Waals surface area contributed by atoms with Crippen molar-refractivity contribution < 1.29 is 14.3 Å². The molecule has 0 amide bonds. The molecule has 0 spiro atoms. The lowest BCUT2D eigenvalue weighted by molar-refractivity contribution is 0.0500. The van der Waals surface area contributed by atoms with E-state index < -0.39 is 11.6 Å². The van der Waals surface area contributed by atoms with E-state index in [1.54, 1.807) is 19.1 Å². The number of esters is 1. The van der Waals surface area contributed by atoms with Gasteiger partial charge >= 0.3 is 5.97 Å². The Bertz CT molecular complexity index is 1140. The number of nitrogens with one attached hydrogen (secondary N) is 1. The molecule has 0 bridgehead atoms. The lowest BCUT2D eigenvalue weighted by Crippen LogP contribution is -2.31. The van der Waals surface area contributed by atoms with Gasteiger partial charge in [0.1, 0.15) is 17.0 Å². The van der Waals surface area contributed by atoms with Gasteiger partial charge < -0.3 is 9.47 Å². The summed E-state index contributed by atoms with van der Waals surface area (Å²) in [4.78, 5) is 12.4. The molecule has 3 aromatic rings. The fourth-order valence-corrected chi connectivity index (χ4v) is 4.28. The average Bonchev–Trinajstić information content (AvgIpc) is 3.09. The summed E-state index contributed by atoms with van der Waals surface area (Å²) < 4.78 is 11.6. The van der Waals surface area contributed by atoms with Crippen molar-refractivity contribution in [3.05, 3.63) is 57.2 Å². The van der Waals surface area contributed by atoms with E-state index in [9.17, 15) is 4.79 Å². The first kappa shape index (κ1) is 19.8. The molecule has 0 saturated heterocycles. The Kier molecular flexibility index (Phi) is 4.83. The fraction of sp³-hybridized carbons (Fsp3) is 0.273. The summed E-state index contributed by atoms with van der Waals surface area (Å²) in [6.45, 7) is 7.86. The SMILES string of the molecule is CCOC(=O)c1[nH]nc2c1C(C)(C)Oc1c-2ccc(C)c1-c1ccc(Cl)cc1Cl. The Hall–Kier alpha value is -2.50. The highest BCUT2D eigenvalue weighted by Gasteiger charge is 2.41. The van der Waals surface area contributed by atoms with Crippen LogP contribution < -0.4 is 4.74 Å². The molecule has 1 N–H and O–H groups in total. The third-order valence-electron chi connectivity index (χ3n) is 5.03. The fourth-order valence-electron chi connectivity index (χ4n) is 3.78. The summed E-state index contributed by atoms with van der Waals surface area (Å²) in [5, 5.41) is 8.38. The average molecular weight is 431 g/mol. The zero-order valence-corrected chi connectivity index (χ0v) is 18.0. The number of benzene rings is 2. The maximum absolute atomic E-state index is 12.4. The number of nitrogens with zero attached hydrogens (tertiary/aromatic N) is 1. The molecule has 29 heavy (non-hydrogen) atoms. The molecular formula is C22H20Cl2N2O3. The van der Waals surface area contributed by atoms with Crippen LogP contribution in [0.2, 0.25) is 10.0 Å². The summed E-state index contributed by atoms with van der Waals surface area (Å²) in [6, 6.07) is 9.33. The smallest absolute Gasteiger partial charge is 0.356 e. The largest absolute Gasteiger partial charge is 0.482 e. The van der Waals surface area contributed by atoms with Crippen molar-refractivity contribution >= 4 is 29.2 Å². The third-order valence-corrected chi connectivity index (χ3v) is 5.57. The van der Waals surface area contributed by atoms with Crippen LogP contribution in [0.15, 0.2) is 30.3 Å². The minimum absolute atomic E-state index is 0.281. The number of aromatic amines is 1. The van der Waals surface area contributed by atoms with Crippen LogP contribution in [0, 0.1) is 6.92 Å². The van der Waals surface area contributed by atoms with Crippen LogP contribution in [0.5, 0.6) is 5.75 Å². The molecule has 0 atom stereocenters. The summed E-state index contributed by atoms with van der Waals surface area (Å²) >= 11 is 12.6. The highest BCUT2D eigenvalue weighted by atomic mass is 35.5. The number of carbonyl (C=O) groups is 1.